The van der Waals surface area contributed by atoms with Crippen LogP contribution in [0.15, 0.2) is 40.8 Å². The van der Waals surface area contributed by atoms with Gasteiger partial charge >= 0.3 is 0 Å². The van der Waals surface area contributed by atoms with E-state index in [0.717, 1.165) is 33.8 Å². The zero-order valence-electron chi connectivity index (χ0n) is 14.0. The molecule has 3 rings (SSSR count). The molecule has 0 bridgehead atoms. The Bertz CT molecular complexity index is 854. The maximum Gasteiger partial charge on any atom is 0.287 e. The molecule has 24 heavy (non-hydrogen) atoms. The van der Waals surface area contributed by atoms with Gasteiger partial charge in [0.25, 0.3) is 5.91 Å². The minimum absolute atomic E-state index is 0.179. The number of rotatable bonds is 7. The summed E-state index contributed by atoms with van der Waals surface area (Å²) in [4.78, 5) is 12.4. The molecule has 0 aliphatic carbocycles. The summed E-state index contributed by atoms with van der Waals surface area (Å²) < 4.78 is 10.9. The van der Waals surface area contributed by atoms with Gasteiger partial charge in [0.15, 0.2) is 5.76 Å². The first-order valence-electron chi connectivity index (χ1n) is 8.11. The van der Waals surface area contributed by atoms with Crippen LogP contribution in [0.1, 0.15) is 16.1 Å². The number of methoxy groups -OCH3 is 1. The standard InChI is InChI=1S/C19H22N2O3/c1-13-15-8-7-14-5-3-4-6-16(14)18(15)24-17(13)19(22)21-10-9-20-11-12-23-2/h3-8,20H,9-12H2,1-2H3,(H,21,22). The highest BCUT2D eigenvalue weighted by Gasteiger charge is 2.18. The van der Waals surface area contributed by atoms with Crippen LogP contribution in [0.4, 0.5) is 0 Å². The van der Waals surface area contributed by atoms with Crippen LogP contribution in [0.2, 0.25) is 0 Å². The first kappa shape index (κ1) is 16.5. The zero-order chi connectivity index (χ0) is 16.9. The lowest BCUT2D eigenvalue weighted by Crippen LogP contribution is -2.33. The first-order valence-corrected chi connectivity index (χ1v) is 8.11. The van der Waals surface area contributed by atoms with Crippen molar-refractivity contribution in [2.24, 2.45) is 0 Å². The molecule has 0 fully saturated rings. The number of nitrogens with one attached hydrogen (secondary N) is 2. The van der Waals surface area contributed by atoms with Crippen molar-refractivity contribution < 1.29 is 13.9 Å². The number of hydrogen-bond acceptors (Lipinski definition) is 4. The Hall–Kier alpha value is -2.37. The molecule has 0 aliphatic rings. The van der Waals surface area contributed by atoms with Gasteiger partial charge in [-0.05, 0) is 12.3 Å². The number of amides is 1. The molecule has 3 aromatic rings. The van der Waals surface area contributed by atoms with E-state index in [-0.39, 0.29) is 5.91 Å². The van der Waals surface area contributed by atoms with E-state index in [1.165, 1.54) is 0 Å². The van der Waals surface area contributed by atoms with Gasteiger partial charge in [0, 0.05) is 43.1 Å². The van der Waals surface area contributed by atoms with E-state index in [0.29, 0.717) is 25.5 Å². The molecule has 5 heteroatoms. The number of furan rings is 1. The van der Waals surface area contributed by atoms with Crippen molar-refractivity contribution in [2.75, 3.05) is 33.4 Å². The SMILES string of the molecule is COCCNCCNC(=O)c1oc2c(ccc3ccccc32)c1C. The van der Waals surface area contributed by atoms with Crippen LogP contribution in [0.25, 0.3) is 21.7 Å². The number of hydrogen-bond donors (Lipinski definition) is 2. The number of carbonyl (C=O) groups is 1. The maximum absolute atomic E-state index is 12.4. The van der Waals surface area contributed by atoms with Crippen LogP contribution in [0.3, 0.4) is 0 Å². The predicted molar refractivity (Wildman–Crippen MR) is 95.5 cm³/mol. The van der Waals surface area contributed by atoms with Crippen LogP contribution >= 0.6 is 0 Å². The van der Waals surface area contributed by atoms with Crippen molar-refractivity contribution in [2.45, 2.75) is 6.92 Å². The Balaban J connectivity index is 1.76. The highest BCUT2D eigenvalue weighted by Crippen LogP contribution is 2.31. The Morgan fingerprint density at radius 3 is 2.75 bits per heavy atom. The summed E-state index contributed by atoms with van der Waals surface area (Å²) in [5, 5.41) is 9.19. The zero-order valence-corrected chi connectivity index (χ0v) is 14.0. The highest BCUT2D eigenvalue weighted by molar-refractivity contribution is 6.08. The lowest BCUT2D eigenvalue weighted by molar-refractivity contribution is 0.0927. The fourth-order valence-electron chi connectivity index (χ4n) is 2.81. The lowest BCUT2D eigenvalue weighted by Gasteiger charge is -2.05. The molecule has 0 unspecified atom stereocenters. The number of benzene rings is 2. The first-order chi connectivity index (χ1) is 11.7. The molecule has 0 aliphatic heterocycles. The molecule has 5 nitrogen and oxygen atoms in total. The van der Waals surface area contributed by atoms with Gasteiger partial charge < -0.3 is 19.8 Å². The Labute approximate surface area is 141 Å². The van der Waals surface area contributed by atoms with E-state index in [4.69, 9.17) is 9.15 Å². The van der Waals surface area contributed by atoms with Crippen molar-refractivity contribution in [1.82, 2.24) is 10.6 Å². The van der Waals surface area contributed by atoms with Crippen LogP contribution < -0.4 is 10.6 Å². The molecule has 2 N–H and O–H groups in total. The van der Waals surface area contributed by atoms with Gasteiger partial charge in [-0.2, -0.15) is 0 Å². The molecular formula is C19H22N2O3. The van der Waals surface area contributed by atoms with Crippen molar-refractivity contribution >= 4 is 27.6 Å². The number of fused-ring (bicyclic) bond motifs is 3. The average molecular weight is 326 g/mol. The number of aryl methyl sites for hydroxylation is 1. The minimum atomic E-state index is -0.179. The van der Waals surface area contributed by atoms with Crippen LogP contribution in [0.5, 0.6) is 0 Å². The van der Waals surface area contributed by atoms with Gasteiger partial charge in [-0.15, -0.1) is 0 Å². The van der Waals surface area contributed by atoms with Crippen LogP contribution in [-0.4, -0.2) is 39.3 Å². The molecule has 1 aromatic heterocycles. The third-order valence-corrected chi connectivity index (χ3v) is 4.10. The summed E-state index contributed by atoms with van der Waals surface area (Å²) in [6.07, 6.45) is 0. The molecule has 0 saturated heterocycles. The topological polar surface area (TPSA) is 63.5 Å². The summed E-state index contributed by atoms with van der Waals surface area (Å²) in [5.41, 5.74) is 1.65. The molecule has 2 aromatic carbocycles. The van der Waals surface area contributed by atoms with Crippen molar-refractivity contribution in [3.05, 3.63) is 47.7 Å². The third-order valence-electron chi connectivity index (χ3n) is 4.10. The molecule has 1 heterocycles. The summed E-state index contributed by atoms with van der Waals surface area (Å²) in [6, 6.07) is 12.1. The van der Waals surface area contributed by atoms with Gasteiger partial charge in [-0.3, -0.25) is 4.79 Å². The molecular weight excluding hydrogens is 304 g/mol. The van der Waals surface area contributed by atoms with E-state index in [9.17, 15) is 4.79 Å². The van der Waals surface area contributed by atoms with E-state index < -0.39 is 0 Å². The molecule has 0 spiro atoms. The third kappa shape index (κ3) is 3.27. The van der Waals surface area contributed by atoms with Gasteiger partial charge in [0.1, 0.15) is 5.58 Å². The summed E-state index contributed by atoms with van der Waals surface area (Å²) >= 11 is 0. The quantitative estimate of drug-likeness (QED) is 0.655. The van der Waals surface area contributed by atoms with E-state index in [2.05, 4.69) is 16.7 Å². The van der Waals surface area contributed by atoms with Crippen molar-refractivity contribution in [3.8, 4) is 0 Å². The second-order valence-electron chi connectivity index (χ2n) is 5.72. The fraction of sp³-hybridized carbons (Fsp3) is 0.316. The second-order valence-corrected chi connectivity index (χ2v) is 5.72. The van der Waals surface area contributed by atoms with Crippen LogP contribution in [0, 0.1) is 6.92 Å². The lowest BCUT2D eigenvalue weighted by atomic mass is 10.1. The van der Waals surface area contributed by atoms with Crippen molar-refractivity contribution in [1.29, 1.82) is 0 Å². The summed E-state index contributed by atoms with van der Waals surface area (Å²) in [5.74, 6) is 0.208. The van der Waals surface area contributed by atoms with Gasteiger partial charge in [0.05, 0.1) is 6.61 Å². The maximum atomic E-state index is 12.4. The van der Waals surface area contributed by atoms with Crippen LogP contribution in [-0.2, 0) is 4.74 Å². The summed E-state index contributed by atoms with van der Waals surface area (Å²) in [7, 11) is 1.66. The fourth-order valence-corrected chi connectivity index (χ4v) is 2.81. The number of ether oxygens (including phenoxy) is 1. The monoisotopic (exact) mass is 326 g/mol. The Morgan fingerprint density at radius 1 is 1.08 bits per heavy atom. The predicted octanol–water partition coefficient (Wildman–Crippen LogP) is 2.86. The van der Waals surface area contributed by atoms with Gasteiger partial charge in [0.2, 0.25) is 0 Å². The highest BCUT2D eigenvalue weighted by atomic mass is 16.5. The van der Waals surface area contributed by atoms with E-state index in [1.54, 1.807) is 7.11 Å². The summed E-state index contributed by atoms with van der Waals surface area (Å²) in [6.45, 7) is 4.58. The van der Waals surface area contributed by atoms with E-state index >= 15 is 0 Å². The molecule has 0 radical (unpaired) electrons. The Kier molecular flexibility index (Phi) is 5.13. The normalized spacial score (nSPS) is 11.2. The van der Waals surface area contributed by atoms with Gasteiger partial charge in [-0.25, -0.2) is 0 Å². The second kappa shape index (κ2) is 7.47. The largest absolute Gasteiger partial charge is 0.450 e. The average Bonchev–Trinajstić information content (AvgIpc) is 2.95. The molecule has 0 saturated carbocycles. The molecule has 1 amide bonds. The van der Waals surface area contributed by atoms with E-state index in [1.807, 2.05) is 37.3 Å². The smallest absolute Gasteiger partial charge is 0.287 e. The molecule has 126 valence electrons. The Morgan fingerprint density at radius 2 is 1.92 bits per heavy atom. The molecule has 0 atom stereocenters. The van der Waals surface area contributed by atoms with Crippen molar-refractivity contribution in [3.63, 3.8) is 0 Å². The number of carbonyl (C=O) groups excluding carboxylic acids is 1. The minimum Gasteiger partial charge on any atom is -0.450 e. The van der Waals surface area contributed by atoms with Gasteiger partial charge in [-0.1, -0.05) is 36.4 Å².